The second kappa shape index (κ2) is 6.51. The standard InChI is InChI=1S/C24H28N2OS/c1-24-12-11-21(27-24)17-15-25(16-18(17)24)13-6-14-26-19-7-2-4-9-22(19)28-23-10-5-3-8-20(23)26/h2-5,7-10,17-18,21H,6,11-16H2,1H3. The number of hydrogen-bond acceptors (Lipinski definition) is 4. The summed E-state index contributed by atoms with van der Waals surface area (Å²) < 4.78 is 6.32. The van der Waals surface area contributed by atoms with Gasteiger partial charge in [0, 0.05) is 41.3 Å². The van der Waals surface area contributed by atoms with Crippen LogP contribution in [0.5, 0.6) is 0 Å². The molecule has 0 radical (unpaired) electrons. The first kappa shape index (κ1) is 17.4. The number of nitrogens with zero attached hydrogens (tertiary/aromatic N) is 2. The van der Waals surface area contributed by atoms with E-state index in [0.29, 0.717) is 6.10 Å². The van der Waals surface area contributed by atoms with Gasteiger partial charge in [-0.1, -0.05) is 36.0 Å². The van der Waals surface area contributed by atoms with Gasteiger partial charge in [-0.05, 0) is 57.0 Å². The van der Waals surface area contributed by atoms with E-state index in [-0.39, 0.29) is 5.60 Å². The minimum absolute atomic E-state index is 0.173. The molecule has 2 bridgehead atoms. The Balaban J connectivity index is 1.15. The van der Waals surface area contributed by atoms with Gasteiger partial charge in [-0.25, -0.2) is 0 Å². The third-order valence-electron chi connectivity index (χ3n) is 7.44. The van der Waals surface area contributed by atoms with Crippen LogP contribution in [0.4, 0.5) is 11.4 Å². The van der Waals surface area contributed by atoms with E-state index >= 15 is 0 Å². The lowest BCUT2D eigenvalue weighted by molar-refractivity contribution is -0.00308. The van der Waals surface area contributed by atoms with E-state index in [2.05, 4.69) is 65.3 Å². The first-order valence-corrected chi connectivity index (χ1v) is 11.6. The number of hydrogen-bond donors (Lipinski definition) is 0. The Morgan fingerprint density at radius 2 is 1.71 bits per heavy atom. The maximum absolute atomic E-state index is 6.32. The molecule has 4 heteroatoms. The Bertz CT molecular complexity index is 856. The minimum Gasteiger partial charge on any atom is -0.371 e. The van der Waals surface area contributed by atoms with Gasteiger partial charge in [0.2, 0.25) is 0 Å². The zero-order valence-electron chi connectivity index (χ0n) is 16.5. The average molecular weight is 393 g/mol. The number of anilines is 2. The fourth-order valence-electron chi connectivity index (χ4n) is 6.06. The summed E-state index contributed by atoms with van der Waals surface area (Å²) in [5.41, 5.74) is 2.90. The Labute approximate surface area is 172 Å². The van der Waals surface area contributed by atoms with Crippen molar-refractivity contribution >= 4 is 23.1 Å². The van der Waals surface area contributed by atoms with Crippen LogP contribution in [0.3, 0.4) is 0 Å². The second-order valence-electron chi connectivity index (χ2n) is 9.08. The zero-order valence-corrected chi connectivity index (χ0v) is 17.3. The van der Waals surface area contributed by atoms with Crippen LogP contribution in [-0.2, 0) is 4.74 Å². The van der Waals surface area contributed by atoms with Crippen molar-refractivity contribution in [2.45, 2.75) is 47.7 Å². The monoisotopic (exact) mass is 392 g/mol. The van der Waals surface area contributed by atoms with Crippen molar-refractivity contribution in [3.05, 3.63) is 48.5 Å². The molecule has 4 unspecified atom stereocenters. The van der Waals surface area contributed by atoms with E-state index in [1.54, 1.807) is 0 Å². The predicted octanol–water partition coefficient (Wildman–Crippen LogP) is 5.18. The molecule has 0 spiro atoms. The van der Waals surface area contributed by atoms with E-state index in [0.717, 1.165) is 18.4 Å². The van der Waals surface area contributed by atoms with Crippen LogP contribution in [0.25, 0.3) is 0 Å². The molecule has 6 rings (SSSR count). The van der Waals surface area contributed by atoms with Gasteiger partial charge in [-0.15, -0.1) is 0 Å². The third kappa shape index (κ3) is 2.65. The summed E-state index contributed by atoms with van der Waals surface area (Å²) in [5, 5.41) is 0. The normalized spacial score (nSPS) is 33.0. The number of rotatable bonds is 4. The summed E-state index contributed by atoms with van der Waals surface area (Å²) in [4.78, 5) is 7.99. The molecule has 0 N–H and O–H groups in total. The van der Waals surface area contributed by atoms with Gasteiger partial charge in [0.15, 0.2) is 0 Å². The predicted molar refractivity (Wildman–Crippen MR) is 115 cm³/mol. The van der Waals surface area contributed by atoms with E-state index in [9.17, 15) is 0 Å². The number of ether oxygens (including phenoxy) is 1. The van der Waals surface area contributed by atoms with E-state index in [4.69, 9.17) is 4.74 Å². The SMILES string of the molecule is CC12CCC(O1)C1CN(CCCN3c4ccccc4Sc4ccccc43)CC12. The molecular formula is C24H28N2OS. The summed E-state index contributed by atoms with van der Waals surface area (Å²) >= 11 is 1.90. The molecule has 0 aliphatic carbocycles. The fraction of sp³-hybridized carbons (Fsp3) is 0.500. The quantitative estimate of drug-likeness (QED) is 0.712. The minimum atomic E-state index is 0.173. The first-order valence-electron chi connectivity index (χ1n) is 10.7. The van der Waals surface area contributed by atoms with Crippen LogP contribution in [0.15, 0.2) is 58.3 Å². The maximum atomic E-state index is 6.32. The lowest BCUT2D eigenvalue weighted by Gasteiger charge is -2.33. The highest BCUT2D eigenvalue weighted by Gasteiger charge is 2.59. The largest absolute Gasteiger partial charge is 0.371 e. The van der Waals surface area contributed by atoms with Gasteiger partial charge in [0.25, 0.3) is 0 Å². The number of likely N-dealkylation sites (tertiary alicyclic amines) is 1. The van der Waals surface area contributed by atoms with Crippen molar-refractivity contribution in [1.82, 2.24) is 4.90 Å². The summed E-state index contributed by atoms with van der Waals surface area (Å²) in [7, 11) is 0. The van der Waals surface area contributed by atoms with Crippen molar-refractivity contribution in [3.8, 4) is 0 Å². The summed E-state index contributed by atoms with van der Waals surface area (Å²) in [6.45, 7) is 7.12. The molecule has 4 aliphatic heterocycles. The van der Waals surface area contributed by atoms with Gasteiger partial charge in [0.05, 0.1) is 23.1 Å². The van der Waals surface area contributed by atoms with Gasteiger partial charge in [-0.3, -0.25) is 0 Å². The number of benzene rings is 2. The van der Waals surface area contributed by atoms with Gasteiger partial charge in [0.1, 0.15) is 0 Å². The second-order valence-corrected chi connectivity index (χ2v) is 10.2. The fourth-order valence-corrected chi connectivity index (χ4v) is 7.16. The Hall–Kier alpha value is -1.49. The smallest absolute Gasteiger partial charge is 0.0703 e. The van der Waals surface area contributed by atoms with E-state index in [1.165, 1.54) is 60.1 Å². The van der Waals surface area contributed by atoms with Crippen molar-refractivity contribution < 1.29 is 4.74 Å². The molecule has 4 heterocycles. The molecule has 2 aromatic carbocycles. The summed E-state index contributed by atoms with van der Waals surface area (Å²) in [6.07, 6.45) is 4.29. The Morgan fingerprint density at radius 3 is 2.43 bits per heavy atom. The molecule has 3 nitrogen and oxygen atoms in total. The highest BCUT2D eigenvalue weighted by atomic mass is 32.2. The van der Waals surface area contributed by atoms with Crippen LogP contribution >= 0.6 is 11.8 Å². The Kier molecular flexibility index (Phi) is 4.04. The highest BCUT2D eigenvalue weighted by Crippen LogP contribution is 2.54. The molecular weight excluding hydrogens is 364 g/mol. The van der Waals surface area contributed by atoms with Crippen LogP contribution in [0, 0.1) is 11.8 Å². The van der Waals surface area contributed by atoms with Crippen molar-refractivity contribution in [2.24, 2.45) is 11.8 Å². The molecule has 2 aromatic rings. The lowest BCUT2D eigenvalue weighted by atomic mass is 9.75. The van der Waals surface area contributed by atoms with Gasteiger partial charge in [-0.2, -0.15) is 0 Å². The molecule has 0 aromatic heterocycles. The molecule has 4 aliphatic rings. The lowest BCUT2D eigenvalue weighted by Crippen LogP contribution is -2.35. The third-order valence-corrected chi connectivity index (χ3v) is 8.57. The van der Waals surface area contributed by atoms with Crippen molar-refractivity contribution in [3.63, 3.8) is 0 Å². The molecule has 3 fully saturated rings. The van der Waals surface area contributed by atoms with Crippen LogP contribution in [-0.4, -0.2) is 42.8 Å². The molecule has 146 valence electrons. The van der Waals surface area contributed by atoms with Crippen LogP contribution in [0.1, 0.15) is 26.2 Å². The van der Waals surface area contributed by atoms with Crippen molar-refractivity contribution in [2.75, 3.05) is 31.1 Å². The van der Waals surface area contributed by atoms with Crippen molar-refractivity contribution in [1.29, 1.82) is 0 Å². The van der Waals surface area contributed by atoms with E-state index < -0.39 is 0 Å². The number of fused-ring (bicyclic) bond motifs is 7. The molecule has 4 atom stereocenters. The molecule has 0 amide bonds. The van der Waals surface area contributed by atoms with Crippen LogP contribution in [0.2, 0.25) is 0 Å². The summed E-state index contributed by atoms with van der Waals surface area (Å²) in [5.74, 6) is 1.55. The molecule has 28 heavy (non-hydrogen) atoms. The maximum Gasteiger partial charge on any atom is 0.0703 e. The molecule has 0 saturated carbocycles. The van der Waals surface area contributed by atoms with Gasteiger partial charge < -0.3 is 14.5 Å². The number of para-hydroxylation sites is 2. The summed E-state index contributed by atoms with van der Waals surface area (Å²) in [6, 6.07) is 17.7. The topological polar surface area (TPSA) is 15.7 Å². The van der Waals surface area contributed by atoms with E-state index in [1.807, 2.05) is 11.8 Å². The zero-order chi connectivity index (χ0) is 18.7. The average Bonchev–Trinajstić information content (AvgIpc) is 3.38. The first-order chi connectivity index (χ1) is 13.7. The van der Waals surface area contributed by atoms with Gasteiger partial charge >= 0.3 is 0 Å². The Morgan fingerprint density at radius 1 is 1.00 bits per heavy atom. The van der Waals surface area contributed by atoms with Crippen LogP contribution < -0.4 is 4.90 Å². The molecule has 3 saturated heterocycles. The highest BCUT2D eigenvalue weighted by molar-refractivity contribution is 7.99.